The van der Waals surface area contributed by atoms with Crippen molar-refractivity contribution < 1.29 is 9.63 Å². The fraction of sp³-hybridized carbons (Fsp3) is 0.727. The molecule has 0 spiro atoms. The van der Waals surface area contributed by atoms with Crippen molar-refractivity contribution in [3.05, 3.63) is 18.0 Å². The fourth-order valence-corrected chi connectivity index (χ4v) is 2.23. The Morgan fingerprint density at radius 1 is 1.36 bits per heavy atom. The average Bonchev–Trinajstić information content (AvgIpc) is 2.60. The zero-order chi connectivity index (χ0) is 9.80. The van der Waals surface area contributed by atoms with E-state index < -0.39 is 0 Å². The predicted molar refractivity (Wildman–Crippen MR) is 52.8 cm³/mol. The lowest BCUT2D eigenvalue weighted by Gasteiger charge is -2.18. The van der Waals surface area contributed by atoms with Crippen LogP contribution in [0.1, 0.15) is 37.7 Å². The molecule has 1 aliphatic carbocycles. The van der Waals surface area contributed by atoms with E-state index in [-0.39, 0.29) is 6.10 Å². The lowest BCUT2D eigenvalue weighted by Crippen LogP contribution is -2.20. The minimum atomic E-state index is -0.132. The van der Waals surface area contributed by atoms with Crippen LogP contribution in [0.4, 0.5) is 0 Å². The van der Waals surface area contributed by atoms with Crippen LogP contribution < -0.4 is 0 Å². The van der Waals surface area contributed by atoms with E-state index in [1.807, 2.05) is 0 Å². The van der Waals surface area contributed by atoms with Gasteiger partial charge in [-0.2, -0.15) is 0 Å². The summed E-state index contributed by atoms with van der Waals surface area (Å²) in [5.74, 6) is 0.400. The van der Waals surface area contributed by atoms with Gasteiger partial charge in [0.15, 0.2) is 0 Å². The largest absolute Gasteiger partial charge is 0.393 e. The Morgan fingerprint density at radius 3 is 3.00 bits per heavy atom. The van der Waals surface area contributed by atoms with Crippen molar-refractivity contribution in [2.75, 3.05) is 0 Å². The highest BCUT2D eigenvalue weighted by molar-refractivity contribution is 5.02. The normalized spacial score (nSPS) is 28.6. The number of aliphatic hydroxyl groups excluding tert-OH is 1. The predicted octanol–water partition coefficient (Wildman–Crippen LogP) is 2.16. The van der Waals surface area contributed by atoms with Gasteiger partial charge >= 0.3 is 0 Å². The maximum atomic E-state index is 9.90. The Kier molecular flexibility index (Phi) is 3.19. The van der Waals surface area contributed by atoms with Crippen LogP contribution in [-0.4, -0.2) is 16.4 Å². The summed E-state index contributed by atoms with van der Waals surface area (Å²) in [7, 11) is 0. The van der Waals surface area contributed by atoms with E-state index in [2.05, 4.69) is 5.16 Å². The molecule has 1 N–H and O–H groups in total. The van der Waals surface area contributed by atoms with E-state index in [0.29, 0.717) is 5.92 Å². The molecular formula is C11H17NO2. The van der Waals surface area contributed by atoms with E-state index in [0.717, 1.165) is 24.8 Å². The van der Waals surface area contributed by atoms with Crippen molar-refractivity contribution in [2.24, 2.45) is 5.92 Å². The van der Waals surface area contributed by atoms with Gasteiger partial charge in [0.2, 0.25) is 0 Å². The second kappa shape index (κ2) is 4.60. The zero-order valence-electron chi connectivity index (χ0n) is 8.35. The molecule has 0 radical (unpaired) electrons. The molecule has 1 heterocycles. The molecule has 14 heavy (non-hydrogen) atoms. The van der Waals surface area contributed by atoms with E-state index in [1.165, 1.54) is 19.3 Å². The fourth-order valence-electron chi connectivity index (χ4n) is 2.23. The van der Waals surface area contributed by atoms with E-state index in [9.17, 15) is 5.11 Å². The van der Waals surface area contributed by atoms with Crippen LogP contribution in [0.25, 0.3) is 0 Å². The second-order valence-corrected chi connectivity index (χ2v) is 4.20. The Bertz CT molecular complexity index is 258. The lowest BCUT2D eigenvalue weighted by molar-refractivity contribution is 0.101. The molecule has 78 valence electrons. The third kappa shape index (κ3) is 2.35. The third-order valence-electron chi connectivity index (χ3n) is 3.10. The maximum absolute atomic E-state index is 9.90. The highest BCUT2D eigenvalue weighted by atomic mass is 16.5. The first-order valence-corrected chi connectivity index (χ1v) is 5.42. The molecule has 0 bridgehead atoms. The summed E-state index contributed by atoms with van der Waals surface area (Å²) < 4.78 is 4.79. The molecule has 3 heteroatoms. The summed E-state index contributed by atoms with van der Waals surface area (Å²) in [4.78, 5) is 0. The molecule has 1 aromatic heterocycles. The summed E-state index contributed by atoms with van der Waals surface area (Å²) >= 11 is 0. The molecule has 2 unspecified atom stereocenters. The first-order chi connectivity index (χ1) is 6.86. The number of aliphatic hydroxyl groups is 1. The lowest BCUT2D eigenvalue weighted by atomic mass is 9.91. The van der Waals surface area contributed by atoms with Gasteiger partial charge in [-0.05, 0) is 25.2 Å². The monoisotopic (exact) mass is 195 g/mol. The third-order valence-corrected chi connectivity index (χ3v) is 3.10. The van der Waals surface area contributed by atoms with Crippen molar-refractivity contribution in [3.8, 4) is 0 Å². The van der Waals surface area contributed by atoms with Gasteiger partial charge in [0, 0.05) is 5.56 Å². The zero-order valence-corrected chi connectivity index (χ0v) is 8.35. The standard InChI is InChI=1S/C11H17NO2/c13-11-5-3-1-2-4-10(11)6-9-7-12-14-8-9/h7-8,10-11,13H,1-6H2. The van der Waals surface area contributed by atoms with Crippen molar-refractivity contribution in [2.45, 2.75) is 44.6 Å². The van der Waals surface area contributed by atoms with Crippen molar-refractivity contribution >= 4 is 0 Å². The number of aromatic nitrogens is 1. The van der Waals surface area contributed by atoms with E-state index in [1.54, 1.807) is 12.5 Å². The van der Waals surface area contributed by atoms with E-state index >= 15 is 0 Å². The Hall–Kier alpha value is -0.830. The van der Waals surface area contributed by atoms with Gasteiger partial charge < -0.3 is 9.63 Å². The number of rotatable bonds is 2. The van der Waals surface area contributed by atoms with Gasteiger partial charge in [0.1, 0.15) is 6.26 Å². The van der Waals surface area contributed by atoms with Crippen LogP contribution in [-0.2, 0) is 6.42 Å². The second-order valence-electron chi connectivity index (χ2n) is 4.20. The molecule has 1 aliphatic rings. The van der Waals surface area contributed by atoms with Crippen LogP contribution in [0.2, 0.25) is 0 Å². The van der Waals surface area contributed by atoms with Crippen LogP contribution in [0.15, 0.2) is 17.0 Å². The minimum Gasteiger partial charge on any atom is -0.393 e. The first kappa shape index (κ1) is 9.71. The molecule has 1 fully saturated rings. The highest BCUT2D eigenvalue weighted by Gasteiger charge is 2.22. The van der Waals surface area contributed by atoms with Crippen LogP contribution in [0, 0.1) is 5.92 Å². The summed E-state index contributed by atoms with van der Waals surface area (Å²) in [6.45, 7) is 0. The molecule has 3 nitrogen and oxygen atoms in total. The summed E-state index contributed by atoms with van der Waals surface area (Å²) in [6, 6.07) is 0. The van der Waals surface area contributed by atoms with Crippen LogP contribution in [0.5, 0.6) is 0 Å². The minimum absolute atomic E-state index is 0.132. The van der Waals surface area contributed by atoms with Gasteiger partial charge in [-0.1, -0.05) is 24.4 Å². The Morgan fingerprint density at radius 2 is 2.21 bits per heavy atom. The quantitative estimate of drug-likeness (QED) is 0.735. The van der Waals surface area contributed by atoms with Gasteiger partial charge in [-0.25, -0.2) is 0 Å². The highest BCUT2D eigenvalue weighted by Crippen LogP contribution is 2.26. The summed E-state index contributed by atoms with van der Waals surface area (Å²) in [5, 5.41) is 13.6. The van der Waals surface area contributed by atoms with Crippen LogP contribution in [0.3, 0.4) is 0 Å². The molecule has 2 atom stereocenters. The SMILES string of the molecule is OC1CCCCCC1Cc1cnoc1. The Labute approximate surface area is 84.1 Å². The molecule has 2 rings (SSSR count). The van der Waals surface area contributed by atoms with Gasteiger partial charge in [0.25, 0.3) is 0 Å². The van der Waals surface area contributed by atoms with E-state index in [4.69, 9.17) is 4.52 Å². The van der Waals surface area contributed by atoms with Crippen molar-refractivity contribution in [1.29, 1.82) is 0 Å². The maximum Gasteiger partial charge on any atom is 0.126 e. The van der Waals surface area contributed by atoms with Crippen LogP contribution >= 0.6 is 0 Å². The van der Waals surface area contributed by atoms with Gasteiger partial charge in [-0.15, -0.1) is 0 Å². The number of hydrogen-bond acceptors (Lipinski definition) is 3. The Balaban J connectivity index is 1.94. The molecule has 0 saturated heterocycles. The summed E-state index contributed by atoms with van der Waals surface area (Å²) in [6.07, 6.45) is 9.96. The molecule has 1 aromatic rings. The number of nitrogens with zero attached hydrogens (tertiary/aromatic N) is 1. The molecule has 0 aliphatic heterocycles. The van der Waals surface area contributed by atoms with Gasteiger partial charge in [0.05, 0.1) is 12.3 Å². The number of hydrogen-bond donors (Lipinski definition) is 1. The first-order valence-electron chi connectivity index (χ1n) is 5.42. The van der Waals surface area contributed by atoms with Crippen molar-refractivity contribution in [3.63, 3.8) is 0 Å². The molecular weight excluding hydrogens is 178 g/mol. The molecule has 0 aromatic carbocycles. The molecule has 0 amide bonds. The topological polar surface area (TPSA) is 46.3 Å². The smallest absolute Gasteiger partial charge is 0.126 e. The average molecular weight is 195 g/mol. The van der Waals surface area contributed by atoms with Crippen molar-refractivity contribution in [1.82, 2.24) is 5.16 Å². The molecule has 1 saturated carbocycles. The summed E-state index contributed by atoms with van der Waals surface area (Å²) in [5.41, 5.74) is 1.11. The van der Waals surface area contributed by atoms with Gasteiger partial charge in [-0.3, -0.25) is 0 Å².